The van der Waals surface area contributed by atoms with Crippen molar-refractivity contribution in [3.63, 3.8) is 0 Å². The zero-order chi connectivity index (χ0) is 12.8. The first-order chi connectivity index (χ1) is 8.75. The van der Waals surface area contributed by atoms with Crippen molar-refractivity contribution in [3.05, 3.63) is 75.2 Å². The normalized spacial score (nSPS) is 9.11. The van der Waals surface area contributed by atoms with Gasteiger partial charge in [-0.05, 0) is 29.7 Å². The summed E-state index contributed by atoms with van der Waals surface area (Å²) in [7, 11) is 0. The maximum absolute atomic E-state index is 10.5. The molecule has 0 amide bonds. The lowest BCUT2D eigenvalue weighted by Crippen LogP contribution is -1.88. The SMILES string of the molecule is O=[N+]([O-])c1ccc(N[N+]#Cc2ccccc2)cc1. The van der Waals surface area contributed by atoms with Crippen molar-refractivity contribution in [3.8, 4) is 6.07 Å². The van der Waals surface area contributed by atoms with Crippen LogP contribution in [0.4, 0.5) is 11.4 Å². The second-order valence-electron chi connectivity index (χ2n) is 3.51. The van der Waals surface area contributed by atoms with Crippen molar-refractivity contribution in [2.75, 3.05) is 5.43 Å². The Morgan fingerprint density at radius 3 is 2.33 bits per heavy atom. The van der Waals surface area contributed by atoms with Gasteiger partial charge in [-0.2, -0.15) is 0 Å². The van der Waals surface area contributed by atoms with E-state index >= 15 is 0 Å². The molecule has 0 bridgehead atoms. The van der Waals surface area contributed by atoms with E-state index in [0.717, 1.165) is 5.56 Å². The Hall–Kier alpha value is -2.87. The van der Waals surface area contributed by atoms with Crippen LogP contribution in [0.1, 0.15) is 5.56 Å². The molecule has 2 aromatic rings. The standard InChI is InChI=1S/C13H10N3O2/c17-16(18)13-8-6-12(7-9-13)15-14-10-11-4-2-1-3-5-11/h1-9,15H/q+1. The summed E-state index contributed by atoms with van der Waals surface area (Å²) < 4.78 is 0. The average Bonchev–Trinajstić information content (AvgIpc) is 2.40. The summed E-state index contributed by atoms with van der Waals surface area (Å²) in [4.78, 5) is 13.9. The molecule has 1 N–H and O–H groups in total. The van der Waals surface area contributed by atoms with Crippen molar-refractivity contribution < 1.29 is 4.92 Å². The van der Waals surface area contributed by atoms with Gasteiger partial charge in [0.1, 0.15) is 11.3 Å². The third kappa shape index (κ3) is 3.06. The van der Waals surface area contributed by atoms with Crippen molar-refractivity contribution in [2.24, 2.45) is 0 Å². The molecule has 0 saturated heterocycles. The third-order valence-corrected chi connectivity index (χ3v) is 2.22. The van der Waals surface area contributed by atoms with E-state index in [1.165, 1.54) is 12.1 Å². The monoisotopic (exact) mass is 240 g/mol. The quantitative estimate of drug-likeness (QED) is 0.647. The molecule has 2 aromatic carbocycles. The Bertz CT molecular complexity index is 598. The number of hydrogen-bond acceptors (Lipinski definition) is 3. The van der Waals surface area contributed by atoms with Gasteiger partial charge in [0, 0.05) is 12.1 Å². The molecule has 0 fully saturated rings. The number of non-ortho nitro benzene ring substituents is 1. The summed E-state index contributed by atoms with van der Waals surface area (Å²) in [6.45, 7) is 0. The number of nitrogens with zero attached hydrogens (tertiary/aromatic N) is 2. The minimum absolute atomic E-state index is 0.0524. The van der Waals surface area contributed by atoms with Crippen LogP contribution in [0.3, 0.4) is 0 Å². The predicted molar refractivity (Wildman–Crippen MR) is 69.5 cm³/mol. The van der Waals surface area contributed by atoms with E-state index in [2.05, 4.69) is 16.4 Å². The van der Waals surface area contributed by atoms with Crippen LogP contribution in [0, 0.1) is 16.2 Å². The molecule has 2 rings (SSSR count). The number of nitro groups is 1. The van der Waals surface area contributed by atoms with E-state index in [1.807, 2.05) is 30.3 Å². The molecule has 0 saturated carbocycles. The molecule has 0 radical (unpaired) electrons. The average molecular weight is 240 g/mol. The van der Waals surface area contributed by atoms with Gasteiger partial charge in [0.25, 0.3) is 5.69 Å². The topological polar surface area (TPSA) is 59.5 Å². The summed E-state index contributed by atoms with van der Waals surface area (Å²) in [5.74, 6) is 0. The lowest BCUT2D eigenvalue weighted by molar-refractivity contribution is -0.384. The molecule has 18 heavy (non-hydrogen) atoms. The Balaban J connectivity index is 2.03. The van der Waals surface area contributed by atoms with E-state index in [-0.39, 0.29) is 5.69 Å². The summed E-state index contributed by atoms with van der Waals surface area (Å²) >= 11 is 0. The minimum Gasteiger partial charge on any atom is -0.258 e. The molecule has 5 nitrogen and oxygen atoms in total. The molecular weight excluding hydrogens is 230 g/mol. The second-order valence-corrected chi connectivity index (χ2v) is 3.51. The minimum atomic E-state index is -0.441. The fourth-order valence-electron chi connectivity index (χ4n) is 1.33. The Morgan fingerprint density at radius 2 is 1.72 bits per heavy atom. The van der Waals surface area contributed by atoms with Gasteiger partial charge in [-0.1, -0.05) is 18.2 Å². The van der Waals surface area contributed by atoms with Crippen LogP contribution < -0.4 is 5.43 Å². The van der Waals surface area contributed by atoms with Crippen LogP contribution in [0.15, 0.2) is 54.6 Å². The largest absolute Gasteiger partial charge is 0.357 e. The van der Waals surface area contributed by atoms with Crippen LogP contribution in [-0.4, -0.2) is 4.92 Å². The van der Waals surface area contributed by atoms with Gasteiger partial charge in [0.15, 0.2) is 0 Å². The van der Waals surface area contributed by atoms with E-state index in [1.54, 1.807) is 12.1 Å². The van der Waals surface area contributed by atoms with Gasteiger partial charge in [-0.3, -0.25) is 10.1 Å². The fraction of sp³-hybridized carbons (Fsp3) is 0. The number of anilines is 1. The van der Waals surface area contributed by atoms with E-state index in [9.17, 15) is 10.1 Å². The number of nitro benzene ring substituents is 1. The lowest BCUT2D eigenvalue weighted by Gasteiger charge is -1.90. The number of benzene rings is 2. The van der Waals surface area contributed by atoms with Gasteiger partial charge in [-0.25, -0.2) is 0 Å². The van der Waals surface area contributed by atoms with Crippen LogP contribution in [0.25, 0.3) is 4.95 Å². The fourth-order valence-corrected chi connectivity index (χ4v) is 1.33. The van der Waals surface area contributed by atoms with Gasteiger partial charge in [0.2, 0.25) is 0 Å². The highest BCUT2D eigenvalue weighted by molar-refractivity contribution is 5.50. The van der Waals surface area contributed by atoms with Crippen LogP contribution in [0.2, 0.25) is 0 Å². The highest BCUT2D eigenvalue weighted by Gasteiger charge is 2.04. The Morgan fingerprint density at radius 1 is 1.06 bits per heavy atom. The van der Waals surface area contributed by atoms with Crippen molar-refractivity contribution in [1.29, 1.82) is 0 Å². The van der Waals surface area contributed by atoms with Gasteiger partial charge in [0.05, 0.1) is 9.88 Å². The highest BCUT2D eigenvalue weighted by atomic mass is 16.6. The predicted octanol–water partition coefficient (Wildman–Crippen LogP) is 3.30. The van der Waals surface area contributed by atoms with Crippen LogP contribution in [-0.2, 0) is 0 Å². The van der Waals surface area contributed by atoms with Crippen LogP contribution >= 0.6 is 0 Å². The van der Waals surface area contributed by atoms with Crippen LogP contribution in [0.5, 0.6) is 0 Å². The summed E-state index contributed by atoms with van der Waals surface area (Å²) in [5.41, 5.74) is 4.33. The molecule has 0 aliphatic heterocycles. The Labute approximate surface area is 104 Å². The van der Waals surface area contributed by atoms with Crippen molar-refractivity contribution in [2.45, 2.75) is 0 Å². The van der Waals surface area contributed by atoms with E-state index in [4.69, 9.17) is 0 Å². The van der Waals surface area contributed by atoms with Gasteiger partial charge < -0.3 is 0 Å². The molecule has 0 atom stereocenters. The molecule has 0 spiro atoms. The zero-order valence-corrected chi connectivity index (χ0v) is 9.41. The third-order valence-electron chi connectivity index (χ3n) is 2.22. The van der Waals surface area contributed by atoms with Crippen molar-refractivity contribution in [1.82, 2.24) is 0 Å². The molecule has 5 heteroatoms. The highest BCUT2D eigenvalue weighted by Crippen LogP contribution is 2.15. The van der Waals surface area contributed by atoms with Crippen molar-refractivity contribution >= 4 is 11.4 Å². The molecule has 0 aromatic heterocycles. The number of rotatable bonds is 2. The maximum atomic E-state index is 10.5. The first-order valence-corrected chi connectivity index (χ1v) is 5.27. The van der Waals surface area contributed by atoms with E-state index < -0.39 is 4.92 Å². The lowest BCUT2D eigenvalue weighted by atomic mass is 10.2. The van der Waals surface area contributed by atoms with Gasteiger partial charge in [-0.15, -0.1) is 0 Å². The first-order valence-electron chi connectivity index (χ1n) is 5.27. The zero-order valence-electron chi connectivity index (χ0n) is 9.41. The molecule has 0 unspecified atom stereocenters. The second kappa shape index (κ2) is 5.46. The van der Waals surface area contributed by atoms with Gasteiger partial charge >= 0.3 is 6.07 Å². The smallest absolute Gasteiger partial charge is 0.258 e. The summed E-state index contributed by atoms with van der Waals surface area (Å²) in [5, 5.41) is 10.5. The Kier molecular flexibility index (Phi) is 3.52. The molecule has 88 valence electrons. The summed E-state index contributed by atoms with van der Waals surface area (Å²) in [6, 6.07) is 18.3. The molecular formula is C13H10N3O2+. The van der Waals surface area contributed by atoms with E-state index in [0.29, 0.717) is 5.69 Å². The molecule has 0 heterocycles. The summed E-state index contributed by atoms with van der Waals surface area (Å²) in [6.07, 6.45) is 0. The molecule has 0 aliphatic carbocycles. The maximum Gasteiger partial charge on any atom is 0.357 e. The number of nitrogens with one attached hydrogen (secondary N) is 1. The number of hydrogen-bond donors (Lipinski definition) is 1. The molecule has 0 aliphatic rings. The first kappa shape index (κ1) is 11.6.